The van der Waals surface area contributed by atoms with E-state index in [1.54, 1.807) is 6.07 Å². The molecule has 122 valence electrons. The second kappa shape index (κ2) is 7.06. The van der Waals surface area contributed by atoms with Gasteiger partial charge >= 0.3 is 11.8 Å². The molecule has 6 nitrogen and oxygen atoms in total. The maximum atomic E-state index is 13.0. The van der Waals surface area contributed by atoms with Gasteiger partial charge in [-0.1, -0.05) is 17.7 Å². The zero-order chi connectivity index (χ0) is 16.2. The number of hydrogen-bond donors (Lipinski definition) is 1. The third-order valence-corrected chi connectivity index (χ3v) is 3.88. The first-order valence-corrected chi connectivity index (χ1v) is 7.66. The average Bonchev–Trinajstić information content (AvgIpc) is 3.19. The van der Waals surface area contributed by atoms with E-state index >= 15 is 0 Å². The standard InChI is InChI=1S/C15H15ClFN3O3/c16-12-7-10(17)4-3-9(12)6-13-19-20-15(23-13)14(21)18-8-11-2-1-5-22-11/h3-4,7,11H,1-2,5-6,8H2,(H,18,21). The largest absolute Gasteiger partial charge is 0.417 e. The van der Waals surface area contributed by atoms with Crippen molar-refractivity contribution in [2.45, 2.75) is 25.4 Å². The summed E-state index contributed by atoms with van der Waals surface area (Å²) in [5.41, 5.74) is 0.642. The molecule has 1 saturated heterocycles. The number of nitrogens with one attached hydrogen (secondary N) is 1. The van der Waals surface area contributed by atoms with Crippen LogP contribution in [0.25, 0.3) is 0 Å². The van der Waals surface area contributed by atoms with Gasteiger partial charge in [0, 0.05) is 18.2 Å². The van der Waals surface area contributed by atoms with Crippen LogP contribution in [0, 0.1) is 5.82 Å². The van der Waals surface area contributed by atoms with Gasteiger partial charge in [-0.3, -0.25) is 4.79 Å². The fraction of sp³-hybridized carbons (Fsp3) is 0.400. The van der Waals surface area contributed by atoms with Crippen LogP contribution in [0.4, 0.5) is 4.39 Å². The molecule has 1 aliphatic heterocycles. The summed E-state index contributed by atoms with van der Waals surface area (Å²) in [6.45, 7) is 1.14. The van der Waals surface area contributed by atoms with Crippen LogP contribution < -0.4 is 5.32 Å². The summed E-state index contributed by atoms with van der Waals surface area (Å²) in [6.07, 6.45) is 2.20. The highest BCUT2D eigenvalue weighted by Crippen LogP contribution is 2.20. The molecular weight excluding hydrogens is 325 g/mol. The van der Waals surface area contributed by atoms with Crippen molar-refractivity contribution in [2.75, 3.05) is 13.2 Å². The van der Waals surface area contributed by atoms with Crippen molar-refractivity contribution < 1.29 is 18.3 Å². The number of hydrogen-bond acceptors (Lipinski definition) is 5. The number of halogens is 2. The van der Waals surface area contributed by atoms with Gasteiger partial charge in [-0.15, -0.1) is 10.2 Å². The van der Waals surface area contributed by atoms with Gasteiger partial charge in [-0.2, -0.15) is 0 Å². The van der Waals surface area contributed by atoms with E-state index in [2.05, 4.69) is 15.5 Å². The molecule has 0 saturated carbocycles. The van der Waals surface area contributed by atoms with Gasteiger partial charge in [0.15, 0.2) is 0 Å². The summed E-state index contributed by atoms with van der Waals surface area (Å²) in [6, 6.07) is 4.05. The number of amides is 1. The van der Waals surface area contributed by atoms with Gasteiger partial charge in [0.05, 0.1) is 12.5 Å². The topological polar surface area (TPSA) is 77.2 Å². The highest BCUT2D eigenvalue weighted by molar-refractivity contribution is 6.31. The predicted molar refractivity (Wildman–Crippen MR) is 79.8 cm³/mol. The third kappa shape index (κ3) is 4.05. The Morgan fingerprint density at radius 3 is 3.04 bits per heavy atom. The van der Waals surface area contributed by atoms with Crippen molar-refractivity contribution >= 4 is 17.5 Å². The summed E-state index contributed by atoms with van der Waals surface area (Å²) >= 11 is 5.95. The minimum absolute atomic E-state index is 0.0411. The number of carbonyl (C=O) groups excluding carboxylic acids is 1. The van der Waals surface area contributed by atoms with E-state index in [9.17, 15) is 9.18 Å². The van der Waals surface area contributed by atoms with Crippen LogP contribution in [-0.2, 0) is 11.2 Å². The molecule has 0 aliphatic carbocycles. The van der Waals surface area contributed by atoms with Gasteiger partial charge in [0.2, 0.25) is 5.89 Å². The van der Waals surface area contributed by atoms with Crippen LogP contribution in [0.2, 0.25) is 5.02 Å². The lowest BCUT2D eigenvalue weighted by Crippen LogP contribution is -2.31. The van der Waals surface area contributed by atoms with Crippen molar-refractivity contribution in [3.8, 4) is 0 Å². The number of rotatable bonds is 5. The molecule has 1 aromatic heterocycles. The lowest BCUT2D eigenvalue weighted by Gasteiger charge is -2.08. The van der Waals surface area contributed by atoms with E-state index in [0.717, 1.165) is 19.4 Å². The Morgan fingerprint density at radius 2 is 2.30 bits per heavy atom. The van der Waals surface area contributed by atoms with Crippen molar-refractivity contribution in [3.05, 3.63) is 46.4 Å². The van der Waals surface area contributed by atoms with Crippen molar-refractivity contribution in [1.29, 1.82) is 0 Å². The minimum atomic E-state index is -0.440. The first-order chi connectivity index (χ1) is 11.1. The number of carbonyl (C=O) groups is 1. The van der Waals surface area contributed by atoms with Crippen LogP contribution in [0.3, 0.4) is 0 Å². The summed E-state index contributed by atoms with van der Waals surface area (Å²) in [7, 11) is 0. The Morgan fingerprint density at radius 1 is 1.43 bits per heavy atom. The molecule has 1 fully saturated rings. The summed E-state index contributed by atoms with van der Waals surface area (Å²) in [5, 5.41) is 10.5. The van der Waals surface area contributed by atoms with Crippen molar-refractivity contribution in [1.82, 2.24) is 15.5 Å². The van der Waals surface area contributed by atoms with Crippen LogP contribution >= 0.6 is 11.6 Å². The van der Waals surface area contributed by atoms with Crippen molar-refractivity contribution in [3.63, 3.8) is 0 Å². The van der Waals surface area contributed by atoms with E-state index in [-0.39, 0.29) is 29.3 Å². The molecule has 2 heterocycles. The maximum absolute atomic E-state index is 13.0. The number of nitrogens with zero attached hydrogens (tertiary/aromatic N) is 2. The maximum Gasteiger partial charge on any atom is 0.308 e. The smallest absolute Gasteiger partial charge is 0.308 e. The Bertz CT molecular complexity index is 701. The average molecular weight is 340 g/mol. The molecular formula is C15H15ClFN3O3. The zero-order valence-corrected chi connectivity index (χ0v) is 13.0. The Kier molecular flexibility index (Phi) is 4.88. The first-order valence-electron chi connectivity index (χ1n) is 7.28. The number of benzene rings is 1. The van der Waals surface area contributed by atoms with E-state index in [1.165, 1.54) is 12.1 Å². The van der Waals surface area contributed by atoms with Gasteiger partial charge in [0.1, 0.15) is 5.82 Å². The van der Waals surface area contributed by atoms with Gasteiger partial charge in [-0.05, 0) is 30.5 Å². The van der Waals surface area contributed by atoms with Gasteiger partial charge < -0.3 is 14.5 Å². The molecule has 3 rings (SSSR count). The van der Waals surface area contributed by atoms with Gasteiger partial charge in [0.25, 0.3) is 0 Å². The monoisotopic (exact) mass is 339 g/mol. The summed E-state index contributed by atoms with van der Waals surface area (Å²) in [4.78, 5) is 11.9. The molecule has 1 amide bonds. The van der Waals surface area contributed by atoms with Crippen LogP contribution in [0.15, 0.2) is 22.6 Å². The SMILES string of the molecule is O=C(NCC1CCCO1)c1nnc(Cc2ccc(F)cc2Cl)o1. The third-order valence-electron chi connectivity index (χ3n) is 3.53. The number of ether oxygens (including phenoxy) is 1. The van der Waals surface area contributed by atoms with Crippen LogP contribution in [0.5, 0.6) is 0 Å². The molecule has 8 heteroatoms. The molecule has 23 heavy (non-hydrogen) atoms. The molecule has 1 aromatic carbocycles. The zero-order valence-electron chi connectivity index (χ0n) is 12.2. The molecule has 2 aromatic rings. The molecule has 0 radical (unpaired) electrons. The molecule has 1 unspecified atom stereocenters. The lowest BCUT2D eigenvalue weighted by atomic mass is 10.1. The summed E-state index contributed by atoms with van der Waals surface area (Å²) < 4.78 is 23.8. The molecule has 1 atom stereocenters. The van der Waals surface area contributed by atoms with Gasteiger partial charge in [-0.25, -0.2) is 4.39 Å². The van der Waals surface area contributed by atoms with Crippen LogP contribution in [0.1, 0.15) is 35.0 Å². The fourth-order valence-electron chi connectivity index (χ4n) is 2.33. The molecule has 1 N–H and O–H groups in total. The van der Waals surface area contributed by atoms with E-state index < -0.39 is 11.7 Å². The summed E-state index contributed by atoms with van der Waals surface area (Å²) in [5.74, 6) is -0.736. The van der Waals surface area contributed by atoms with E-state index in [1.807, 2.05) is 0 Å². The lowest BCUT2D eigenvalue weighted by molar-refractivity contribution is 0.0828. The normalized spacial score (nSPS) is 17.4. The highest BCUT2D eigenvalue weighted by Gasteiger charge is 2.20. The minimum Gasteiger partial charge on any atom is -0.417 e. The molecule has 0 spiro atoms. The highest BCUT2D eigenvalue weighted by atomic mass is 35.5. The second-order valence-corrected chi connectivity index (χ2v) is 5.67. The fourth-order valence-corrected chi connectivity index (χ4v) is 2.57. The molecule has 1 aliphatic rings. The Labute approximate surface area is 137 Å². The van der Waals surface area contributed by atoms with Crippen LogP contribution in [-0.4, -0.2) is 35.4 Å². The second-order valence-electron chi connectivity index (χ2n) is 5.26. The molecule has 0 bridgehead atoms. The first kappa shape index (κ1) is 15.9. The predicted octanol–water partition coefficient (Wildman–Crippen LogP) is 2.36. The number of aromatic nitrogens is 2. The van der Waals surface area contributed by atoms with E-state index in [0.29, 0.717) is 12.1 Å². The Balaban J connectivity index is 1.59. The quantitative estimate of drug-likeness (QED) is 0.904. The van der Waals surface area contributed by atoms with E-state index in [4.69, 9.17) is 20.8 Å². The Hall–Kier alpha value is -1.99. The van der Waals surface area contributed by atoms with Crippen molar-refractivity contribution in [2.24, 2.45) is 0 Å².